The van der Waals surface area contributed by atoms with Crippen molar-refractivity contribution < 1.29 is 25.8 Å². The maximum absolute atomic E-state index is 12.6. The van der Waals surface area contributed by atoms with Gasteiger partial charge in [-0.1, -0.05) is 0 Å². The summed E-state index contributed by atoms with van der Waals surface area (Å²) in [5.74, 6) is -0.0168. The van der Waals surface area contributed by atoms with Gasteiger partial charge in [0.25, 0.3) is 0 Å². The van der Waals surface area contributed by atoms with Gasteiger partial charge in [0.2, 0.25) is 5.91 Å². The number of carbonyl (C=O) groups is 1. The Kier molecular flexibility index (Phi) is 4.84. The normalized spacial score (nSPS) is 14.5. The van der Waals surface area contributed by atoms with Crippen molar-refractivity contribution in [3.63, 3.8) is 0 Å². The van der Waals surface area contributed by atoms with Crippen molar-refractivity contribution in [3.8, 4) is 5.75 Å². The summed E-state index contributed by atoms with van der Waals surface area (Å²) in [7, 11) is -7.84. The van der Waals surface area contributed by atoms with Crippen molar-refractivity contribution in [2.75, 3.05) is 11.6 Å². The van der Waals surface area contributed by atoms with Crippen LogP contribution in [0.4, 0.5) is 5.69 Å². The van der Waals surface area contributed by atoms with E-state index < -0.39 is 20.0 Å². The second kappa shape index (κ2) is 6.67. The maximum atomic E-state index is 12.6. The number of benzene rings is 2. The van der Waals surface area contributed by atoms with Gasteiger partial charge in [-0.25, -0.2) is 8.42 Å². The van der Waals surface area contributed by atoms with Crippen molar-refractivity contribution in [1.82, 2.24) is 0 Å². The van der Waals surface area contributed by atoms with Crippen LogP contribution in [0.5, 0.6) is 5.75 Å². The Bertz CT molecular complexity index is 1110. The lowest BCUT2D eigenvalue weighted by Gasteiger charge is -2.17. The number of hydrogen-bond acceptors (Lipinski definition) is 6. The fraction of sp³-hybridized carbons (Fsp3) is 0.188. The SMILES string of the molecule is CS(=O)(=O)c1ccc(Br)c(S(=O)(=O)Oc2ccc3c(c2)CCC(=O)N3)c1. The summed E-state index contributed by atoms with van der Waals surface area (Å²) < 4.78 is 53.9. The van der Waals surface area contributed by atoms with Crippen LogP contribution in [0.2, 0.25) is 0 Å². The number of carbonyl (C=O) groups excluding carboxylic acids is 1. The third-order valence-electron chi connectivity index (χ3n) is 3.78. The third-order valence-corrected chi connectivity index (χ3v) is 7.13. The average Bonchev–Trinajstić information content (AvgIpc) is 2.54. The van der Waals surface area contributed by atoms with Crippen LogP contribution in [0.3, 0.4) is 0 Å². The molecule has 2 aromatic carbocycles. The highest BCUT2D eigenvalue weighted by atomic mass is 79.9. The second-order valence-electron chi connectivity index (χ2n) is 5.77. The minimum Gasteiger partial charge on any atom is -0.379 e. The molecular weight excluding hydrogens is 446 g/mol. The van der Waals surface area contributed by atoms with E-state index in [1.165, 1.54) is 18.2 Å². The van der Waals surface area contributed by atoms with Gasteiger partial charge in [-0.15, -0.1) is 0 Å². The topological polar surface area (TPSA) is 107 Å². The van der Waals surface area contributed by atoms with Gasteiger partial charge in [-0.2, -0.15) is 8.42 Å². The molecule has 0 aromatic heterocycles. The van der Waals surface area contributed by atoms with E-state index in [1.807, 2.05) is 0 Å². The van der Waals surface area contributed by atoms with Gasteiger partial charge in [-0.05, 0) is 64.3 Å². The number of aryl methyl sites for hydroxylation is 1. The lowest BCUT2D eigenvalue weighted by Crippen LogP contribution is -2.19. The van der Waals surface area contributed by atoms with Crippen LogP contribution >= 0.6 is 15.9 Å². The van der Waals surface area contributed by atoms with E-state index in [9.17, 15) is 21.6 Å². The van der Waals surface area contributed by atoms with Crippen LogP contribution in [-0.2, 0) is 31.2 Å². The van der Waals surface area contributed by atoms with Gasteiger partial charge in [-0.3, -0.25) is 4.79 Å². The van der Waals surface area contributed by atoms with Crippen molar-refractivity contribution in [2.24, 2.45) is 0 Å². The summed E-state index contributed by atoms with van der Waals surface area (Å²) in [6.45, 7) is 0. The summed E-state index contributed by atoms with van der Waals surface area (Å²) >= 11 is 3.11. The number of sulfone groups is 1. The molecule has 0 saturated carbocycles. The summed E-state index contributed by atoms with van der Waals surface area (Å²) in [6, 6.07) is 8.23. The first-order valence-corrected chi connectivity index (χ1v) is 11.5. The summed E-state index contributed by atoms with van der Waals surface area (Å²) in [4.78, 5) is 11.0. The molecule has 0 aliphatic carbocycles. The molecule has 1 heterocycles. The molecule has 1 aliphatic heterocycles. The summed E-state index contributed by atoms with van der Waals surface area (Å²) in [5.41, 5.74) is 1.38. The fourth-order valence-electron chi connectivity index (χ4n) is 2.49. The molecule has 1 aliphatic rings. The Hall–Kier alpha value is -1.91. The molecule has 0 saturated heterocycles. The lowest BCUT2D eigenvalue weighted by molar-refractivity contribution is -0.116. The number of rotatable bonds is 4. The third kappa shape index (κ3) is 3.92. The molecule has 0 spiro atoms. The molecule has 7 nitrogen and oxygen atoms in total. The minimum absolute atomic E-state index is 0.0801. The molecule has 0 radical (unpaired) electrons. The fourth-order valence-corrected chi connectivity index (χ4v) is 5.08. The predicted octanol–water partition coefficient (Wildman–Crippen LogP) is 2.51. The van der Waals surface area contributed by atoms with Gasteiger partial charge in [0.05, 0.1) is 4.90 Å². The number of nitrogens with one attached hydrogen (secondary N) is 1. The van der Waals surface area contributed by atoms with Crippen LogP contribution in [-0.4, -0.2) is 29.0 Å². The molecule has 26 heavy (non-hydrogen) atoms. The van der Waals surface area contributed by atoms with Crippen LogP contribution in [0.25, 0.3) is 0 Å². The van der Waals surface area contributed by atoms with E-state index in [1.54, 1.807) is 12.1 Å². The van der Waals surface area contributed by atoms with Gasteiger partial charge in [0.1, 0.15) is 10.6 Å². The van der Waals surface area contributed by atoms with Crippen molar-refractivity contribution in [3.05, 3.63) is 46.4 Å². The first-order chi connectivity index (χ1) is 12.1. The summed E-state index contributed by atoms with van der Waals surface area (Å²) in [6.07, 6.45) is 1.78. The van der Waals surface area contributed by atoms with E-state index in [-0.39, 0.29) is 25.9 Å². The molecular formula is C16H14BrNO6S2. The zero-order chi connectivity index (χ0) is 19.1. The number of halogens is 1. The number of amides is 1. The molecule has 138 valence electrons. The van der Waals surface area contributed by atoms with Gasteiger partial charge in [0.15, 0.2) is 9.84 Å². The molecule has 1 N–H and O–H groups in total. The first-order valence-electron chi connectivity index (χ1n) is 7.43. The monoisotopic (exact) mass is 459 g/mol. The highest BCUT2D eigenvalue weighted by Gasteiger charge is 2.24. The average molecular weight is 460 g/mol. The van der Waals surface area contributed by atoms with Gasteiger partial charge in [0, 0.05) is 22.8 Å². The van der Waals surface area contributed by atoms with Crippen LogP contribution < -0.4 is 9.50 Å². The standard InChI is InChI=1S/C16H14BrNO6S2/c1-25(20,21)12-4-5-13(17)15(9-12)26(22,23)24-11-3-6-14-10(8-11)2-7-16(19)18-14/h3-6,8-9H,2,7H2,1H3,(H,18,19). The molecule has 0 fully saturated rings. The Morgan fingerprint density at radius 3 is 2.46 bits per heavy atom. The van der Waals surface area contributed by atoms with Crippen molar-refractivity contribution in [1.29, 1.82) is 0 Å². The second-order valence-corrected chi connectivity index (χ2v) is 10.2. The van der Waals surface area contributed by atoms with E-state index in [0.717, 1.165) is 17.9 Å². The molecule has 0 atom stereocenters. The molecule has 1 amide bonds. The largest absolute Gasteiger partial charge is 0.379 e. The molecule has 2 aromatic rings. The van der Waals surface area contributed by atoms with Crippen LogP contribution in [0, 0.1) is 0 Å². The minimum atomic E-state index is -4.26. The zero-order valence-electron chi connectivity index (χ0n) is 13.5. The number of hydrogen-bond donors (Lipinski definition) is 1. The van der Waals surface area contributed by atoms with Crippen molar-refractivity contribution >= 4 is 47.5 Å². The first kappa shape index (κ1) is 18.9. The highest BCUT2D eigenvalue weighted by Crippen LogP contribution is 2.31. The van der Waals surface area contributed by atoms with Gasteiger partial charge >= 0.3 is 10.1 Å². The van der Waals surface area contributed by atoms with Crippen LogP contribution in [0.15, 0.2) is 50.7 Å². The highest BCUT2D eigenvalue weighted by molar-refractivity contribution is 9.10. The van der Waals surface area contributed by atoms with Crippen LogP contribution in [0.1, 0.15) is 12.0 Å². The van der Waals surface area contributed by atoms with E-state index >= 15 is 0 Å². The quantitative estimate of drug-likeness (QED) is 0.703. The van der Waals surface area contributed by atoms with Crippen molar-refractivity contribution in [2.45, 2.75) is 22.6 Å². The smallest absolute Gasteiger partial charge is 0.340 e. The molecule has 0 unspecified atom stereocenters. The number of anilines is 1. The predicted molar refractivity (Wildman–Crippen MR) is 98.5 cm³/mol. The molecule has 0 bridgehead atoms. The molecule has 10 heteroatoms. The Labute approximate surface area is 159 Å². The Balaban J connectivity index is 1.96. The lowest BCUT2D eigenvalue weighted by atomic mass is 10.0. The maximum Gasteiger partial charge on any atom is 0.340 e. The Morgan fingerprint density at radius 2 is 1.77 bits per heavy atom. The van der Waals surface area contributed by atoms with E-state index in [0.29, 0.717) is 18.5 Å². The zero-order valence-corrected chi connectivity index (χ0v) is 16.7. The Morgan fingerprint density at radius 1 is 1.04 bits per heavy atom. The number of fused-ring (bicyclic) bond motifs is 1. The molecule has 3 rings (SSSR count). The van der Waals surface area contributed by atoms with Gasteiger partial charge < -0.3 is 9.50 Å². The summed E-state index contributed by atoms with van der Waals surface area (Å²) in [5, 5.41) is 2.70. The van der Waals surface area contributed by atoms with E-state index in [2.05, 4.69) is 21.2 Å². The van der Waals surface area contributed by atoms with E-state index in [4.69, 9.17) is 4.18 Å².